The van der Waals surface area contributed by atoms with Crippen LogP contribution in [-0.4, -0.2) is 37.5 Å². The predicted octanol–water partition coefficient (Wildman–Crippen LogP) is 6.26. The number of esters is 1. The Kier molecular flexibility index (Phi) is 10.1. The lowest BCUT2D eigenvalue weighted by Gasteiger charge is -2.39. The van der Waals surface area contributed by atoms with E-state index < -0.39 is 21.2 Å². The van der Waals surface area contributed by atoms with Crippen molar-refractivity contribution in [2.45, 2.75) is 96.8 Å². The number of sulfone groups is 1. The number of aryl methyl sites for hydroxylation is 1. The molecule has 0 heterocycles. The Morgan fingerprint density at radius 1 is 1.09 bits per heavy atom. The summed E-state index contributed by atoms with van der Waals surface area (Å²) >= 11 is 0. The second kappa shape index (κ2) is 12.2. The van der Waals surface area contributed by atoms with Gasteiger partial charge in [0, 0.05) is 6.92 Å². The number of aliphatic hydroxyl groups is 1. The van der Waals surface area contributed by atoms with Crippen molar-refractivity contribution in [1.82, 2.24) is 0 Å². The van der Waals surface area contributed by atoms with E-state index in [1.165, 1.54) is 12.5 Å². The third-order valence-electron chi connectivity index (χ3n) is 6.82. The molecule has 0 radical (unpaired) electrons. The molecule has 0 bridgehead atoms. The number of carbonyl (C=O) groups is 1. The number of rotatable bonds is 10. The van der Waals surface area contributed by atoms with E-state index in [1.54, 1.807) is 24.3 Å². The number of ether oxygens (including phenoxy) is 1. The summed E-state index contributed by atoms with van der Waals surface area (Å²) in [6.45, 7) is 13.6. The molecule has 194 valence electrons. The van der Waals surface area contributed by atoms with E-state index in [0.29, 0.717) is 17.7 Å². The summed E-state index contributed by atoms with van der Waals surface area (Å²) in [4.78, 5) is 11.3. The lowest BCUT2D eigenvalue weighted by molar-refractivity contribution is -0.139. The van der Waals surface area contributed by atoms with Gasteiger partial charge in [-0.2, -0.15) is 0 Å². The fourth-order valence-electron chi connectivity index (χ4n) is 5.07. The summed E-state index contributed by atoms with van der Waals surface area (Å²) in [5.74, 6) is -0.346. The minimum absolute atomic E-state index is 0.177. The van der Waals surface area contributed by atoms with Gasteiger partial charge < -0.3 is 9.84 Å². The first-order valence-corrected chi connectivity index (χ1v) is 13.9. The van der Waals surface area contributed by atoms with Gasteiger partial charge in [0.1, 0.15) is 6.61 Å². The molecule has 1 aliphatic carbocycles. The van der Waals surface area contributed by atoms with Gasteiger partial charge in [-0.15, -0.1) is 0 Å². The topological polar surface area (TPSA) is 80.7 Å². The van der Waals surface area contributed by atoms with Crippen molar-refractivity contribution in [3.05, 3.63) is 64.3 Å². The molecule has 1 aliphatic rings. The van der Waals surface area contributed by atoms with Crippen molar-refractivity contribution in [1.29, 1.82) is 0 Å². The van der Waals surface area contributed by atoms with Crippen LogP contribution < -0.4 is 0 Å². The van der Waals surface area contributed by atoms with Crippen LogP contribution in [0.3, 0.4) is 0 Å². The molecule has 2 rings (SSSR count). The van der Waals surface area contributed by atoms with Crippen molar-refractivity contribution in [3.8, 4) is 0 Å². The fraction of sp³-hybridized carbons (Fsp3) is 0.552. The van der Waals surface area contributed by atoms with Crippen molar-refractivity contribution in [3.63, 3.8) is 0 Å². The lowest BCUT2D eigenvalue weighted by atomic mass is 9.70. The number of carbonyl (C=O) groups excluding carboxylic acids is 1. The maximum Gasteiger partial charge on any atom is 0.302 e. The van der Waals surface area contributed by atoms with Crippen molar-refractivity contribution >= 4 is 15.8 Å². The number of hydrogen-bond acceptors (Lipinski definition) is 5. The lowest BCUT2D eigenvalue weighted by Crippen LogP contribution is -2.35. The molecule has 1 aromatic carbocycles. The van der Waals surface area contributed by atoms with E-state index in [9.17, 15) is 18.3 Å². The van der Waals surface area contributed by atoms with Crippen LogP contribution in [0.2, 0.25) is 0 Å². The summed E-state index contributed by atoms with van der Waals surface area (Å²) in [6, 6.07) is 7.09. The van der Waals surface area contributed by atoms with Crippen molar-refractivity contribution in [2.75, 3.05) is 6.61 Å². The Labute approximate surface area is 211 Å². The van der Waals surface area contributed by atoms with E-state index in [1.807, 2.05) is 32.9 Å². The predicted molar refractivity (Wildman–Crippen MR) is 142 cm³/mol. The second-order valence-electron chi connectivity index (χ2n) is 10.6. The zero-order valence-electron chi connectivity index (χ0n) is 22.3. The molecule has 6 heteroatoms. The monoisotopic (exact) mass is 502 g/mol. The average Bonchev–Trinajstić information content (AvgIpc) is 2.72. The highest BCUT2D eigenvalue weighted by Gasteiger charge is 2.40. The normalized spacial score (nSPS) is 18.9. The van der Waals surface area contributed by atoms with Crippen LogP contribution in [0.5, 0.6) is 0 Å². The highest BCUT2D eigenvalue weighted by molar-refractivity contribution is 7.92. The smallest absolute Gasteiger partial charge is 0.302 e. The summed E-state index contributed by atoms with van der Waals surface area (Å²) in [7, 11) is -3.64. The van der Waals surface area contributed by atoms with Gasteiger partial charge in [-0.3, -0.25) is 4.79 Å². The number of aliphatic hydroxyl groups excluding tert-OH is 1. The van der Waals surface area contributed by atoms with Gasteiger partial charge >= 0.3 is 5.97 Å². The quantitative estimate of drug-likeness (QED) is 0.302. The van der Waals surface area contributed by atoms with Gasteiger partial charge in [0.15, 0.2) is 9.84 Å². The summed E-state index contributed by atoms with van der Waals surface area (Å²) < 4.78 is 32.9. The van der Waals surface area contributed by atoms with Crippen LogP contribution in [-0.2, 0) is 19.4 Å². The zero-order valence-corrected chi connectivity index (χ0v) is 23.2. The second-order valence-corrected chi connectivity index (χ2v) is 12.8. The maximum atomic E-state index is 14.0. The molecule has 5 nitrogen and oxygen atoms in total. The van der Waals surface area contributed by atoms with Gasteiger partial charge in [0.25, 0.3) is 0 Å². The minimum Gasteiger partial charge on any atom is -0.462 e. The summed E-state index contributed by atoms with van der Waals surface area (Å²) in [5.41, 5.74) is 4.74. The molecule has 0 fully saturated rings. The Bertz CT molecular complexity index is 1090. The largest absolute Gasteiger partial charge is 0.462 e. The van der Waals surface area contributed by atoms with Gasteiger partial charge in [0.2, 0.25) is 0 Å². The average molecular weight is 503 g/mol. The van der Waals surface area contributed by atoms with E-state index in [0.717, 1.165) is 41.5 Å². The van der Waals surface area contributed by atoms with E-state index in [-0.39, 0.29) is 18.0 Å². The first kappa shape index (κ1) is 29.1. The van der Waals surface area contributed by atoms with Gasteiger partial charge in [-0.25, -0.2) is 8.42 Å². The van der Waals surface area contributed by atoms with Gasteiger partial charge in [-0.05, 0) is 89.0 Å². The first-order valence-electron chi connectivity index (χ1n) is 12.4. The molecule has 2 unspecified atom stereocenters. The third kappa shape index (κ3) is 8.18. The van der Waals surface area contributed by atoms with Crippen molar-refractivity contribution < 1.29 is 23.1 Å². The standard InChI is InChI=1S/C29H42O5S/c1-20-10-12-26(13-11-20)35(32,33)27(28-23(4)9-8-15-29(28,6)7)19-22(3)18-25(31)17-21(2)14-16-34-24(5)30/h10-14,18,25,27,31H,8-9,15-17,19H2,1-7H3. The van der Waals surface area contributed by atoms with Crippen LogP contribution >= 0.6 is 0 Å². The molecule has 0 aromatic heterocycles. The van der Waals surface area contributed by atoms with Gasteiger partial charge in [0.05, 0.1) is 16.2 Å². The summed E-state index contributed by atoms with van der Waals surface area (Å²) in [5, 5.41) is 9.96. The Morgan fingerprint density at radius 3 is 2.29 bits per heavy atom. The van der Waals surface area contributed by atoms with E-state index >= 15 is 0 Å². The highest BCUT2D eigenvalue weighted by atomic mass is 32.2. The molecule has 0 amide bonds. The van der Waals surface area contributed by atoms with Crippen molar-refractivity contribution in [2.24, 2.45) is 5.41 Å². The Hall–Kier alpha value is -2.18. The molecule has 0 saturated heterocycles. The molecule has 1 N–H and O–H groups in total. The number of hydrogen-bond donors (Lipinski definition) is 1. The van der Waals surface area contributed by atoms with Crippen LogP contribution in [0.15, 0.2) is 63.6 Å². The molecule has 0 saturated carbocycles. The number of benzene rings is 1. The van der Waals surface area contributed by atoms with Crippen LogP contribution in [0.25, 0.3) is 0 Å². The van der Waals surface area contributed by atoms with Crippen LogP contribution in [0.1, 0.15) is 79.2 Å². The third-order valence-corrected chi connectivity index (χ3v) is 8.90. The fourth-order valence-corrected chi connectivity index (χ4v) is 7.23. The van der Waals surface area contributed by atoms with E-state index in [2.05, 4.69) is 20.8 Å². The minimum atomic E-state index is -3.64. The van der Waals surface area contributed by atoms with E-state index in [4.69, 9.17) is 4.74 Å². The molecule has 2 atom stereocenters. The maximum absolute atomic E-state index is 14.0. The van der Waals surface area contributed by atoms with Gasteiger partial charge in [-0.1, -0.05) is 54.3 Å². The molecular weight excluding hydrogens is 460 g/mol. The SMILES string of the molecule is CC(=O)OCC=C(C)CC(O)C=C(C)CC(C1=C(C)CCCC1(C)C)S(=O)(=O)c1ccc(C)cc1. The van der Waals surface area contributed by atoms with Crippen LogP contribution in [0, 0.1) is 12.3 Å². The van der Waals surface area contributed by atoms with Crippen LogP contribution in [0.4, 0.5) is 0 Å². The Morgan fingerprint density at radius 2 is 1.71 bits per heavy atom. The molecule has 0 spiro atoms. The highest BCUT2D eigenvalue weighted by Crippen LogP contribution is 2.46. The summed E-state index contributed by atoms with van der Waals surface area (Å²) in [6.07, 6.45) is 6.44. The molecule has 1 aromatic rings. The number of allylic oxidation sites excluding steroid dienone is 2. The molecule has 35 heavy (non-hydrogen) atoms. The Balaban J connectivity index is 2.37. The molecule has 0 aliphatic heterocycles. The molecular formula is C29H42O5S. The zero-order chi connectivity index (χ0) is 26.4. The first-order chi connectivity index (χ1) is 16.2.